The van der Waals surface area contributed by atoms with E-state index in [1.54, 1.807) is 15.9 Å². The van der Waals surface area contributed by atoms with Crippen LogP contribution in [0, 0.1) is 11.8 Å². The van der Waals surface area contributed by atoms with Crippen LogP contribution >= 0.6 is 0 Å². The molecule has 2 saturated heterocycles. The molecule has 2 amide bonds. The first kappa shape index (κ1) is 20.3. The van der Waals surface area contributed by atoms with Crippen molar-refractivity contribution in [2.75, 3.05) is 26.2 Å². The summed E-state index contributed by atoms with van der Waals surface area (Å²) < 4.78 is 5.38. The molecule has 7 heteroatoms. The second-order valence-electron chi connectivity index (χ2n) is 8.13. The number of likely N-dealkylation sites (tertiary alicyclic amines) is 2. The fraction of sp³-hybridized carbons (Fsp3) is 0.737. The predicted octanol–water partition coefficient (Wildman–Crippen LogP) is 2.51. The molecule has 1 N–H and O–H groups in total. The lowest BCUT2D eigenvalue weighted by Gasteiger charge is -2.32. The quantitative estimate of drug-likeness (QED) is 0.776. The molecule has 2 aliphatic heterocycles. The number of carboxylic acid groups (broad SMARTS) is 1. The van der Waals surface area contributed by atoms with Gasteiger partial charge in [-0.25, -0.2) is 4.79 Å². The first-order chi connectivity index (χ1) is 12.2. The van der Waals surface area contributed by atoms with E-state index < -0.39 is 17.5 Å². The Hall–Kier alpha value is -2.05. The smallest absolute Gasteiger partial charge is 0.410 e. The summed E-state index contributed by atoms with van der Waals surface area (Å²) in [5.41, 5.74) is -0.498. The average Bonchev–Trinajstić information content (AvgIpc) is 2.58. The number of rotatable bonds is 3. The maximum Gasteiger partial charge on any atom is 0.410 e. The number of carbonyl (C=O) groups excluding carboxylic acids is 2. The molecule has 0 bridgehead atoms. The fourth-order valence-electron chi connectivity index (χ4n) is 3.30. The van der Waals surface area contributed by atoms with Crippen LogP contribution < -0.4 is 0 Å². The van der Waals surface area contributed by atoms with Gasteiger partial charge in [0.1, 0.15) is 5.60 Å². The number of carboxylic acids is 1. The largest absolute Gasteiger partial charge is 0.481 e. The van der Waals surface area contributed by atoms with E-state index in [2.05, 4.69) is 0 Å². The molecule has 0 aromatic rings. The molecule has 2 heterocycles. The van der Waals surface area contributed by atoms with Gasteiger partial charge in [-0.05, 0) is 58.4 Å². The van der Waals surface area contributed by atoms with E-state index in [0.717, 1.165) is 19.3 Å². The number of ether oxygens (including phenoxy) is 1. The summed E-state index contributed by atoms with van der Waals surface area (Å²) in [6, 6.07) is 0. The maximum absolute atomic E-state index is 12.3. The molecule has 0 radical (unpaired) electrons. The third-order valence-corrected chi connectivity index (χ3v) is 4.78. The standard InChI is InChI=1S/C19H30N2O5/c1-19(2,3)26-18(25)20-11-8-14(9-12-20)6-7-16(22)21-10-4-5-15(13-21)17(23)24/h6-7,14-15H,4-5,8-13H2,1-3H3,(H,23,24). The van der Waals surface area contributed by atoms with E-state index in [1.165, 1.54) is 0 Å². The number of nitrogens with zero attached hydrogens (tertiary/aromatic N) is 2. The fourth-order valence-corrected chi connectivity index (χ4v) is 3.30. The Labute approximate surface area is 155 Å². The van der Waals surface area contributed by atoms with E-state index >= 15 is 0 Å². The summed E-state index contributed by atoms with van der Waals surface area (Å²) in [5.74, 6) is -1.16. The van der Waals surface area contributed by atoms with Gasteiger partial charge in [0.2, 0.25) is 5.91 Å². The van der Waals surface area contributed by atoms with Crippen molar-refractivity contribution in [3.63, 3.8) is 0 Å². The van der Waals surface area contributed by atoms with Crippen molar-refractivity contribution >= 4 is 18.0 Å². The Bertz CT molecular complexity index is 559. The van der Waals surface area contributed by atoms with Gasteiger partial charge in [-0.2, -0.15) is 0 Å². The summed E-state index contributed by atoms with van der Waals surface area (Å²) in [4.78, 5) is 38.8. The number of amides is 2. The Morgan fingerprint density at radius 2 is 1.69 bits per heavy atom. The van der Waals surface area contributed by atoms with Crippen LogP contribution in [0.5, 0.6) is 0 Å². The lowest BCUT2D eigenvalue weighted by Crippen LogP contribution is -2.42. The molecule has 146 valence electrons. The van der Waals surface area contributed by atoms with Crippen molar-refractivity contribution in [2.45, 2.75) is 52.1 Å². The van der Waals surface area contributed by atoms with Crippen LogP contribution in [0.15, 0.2) is 12.2 Å². The summed E-state index contributed by atoms with van der Waals surface area (Å²) in [6.45, 7) is 7.68. The second-order valence-corrected chi connectivity index (χ2v) is 8.13. The molecule has 0 saturated carbocycles. The van der Waals surface area contributed by atoms with Crippen LogP contribution in [-0.2, 0) is 14.3 Å². The van der Waals surface area contributed by atoms with Gasteiger partial charge in [-0.1, -0.05) is 6.08 Å². The zero-order valence-corrected chi connectivity index (χ0v) is 15.9. The lowest BCUT2D eigenvalue weighted by molar-refractivity contribution is -0.144. The molecule has 2 aliphatic rings. The van der Waals surface area contributed by atoms with Crippen molar-refractivity contribution in [3.8, 4) is 0 Å². The van der Waals surface area contributed by atoms with Gasteiger partial charge < -0.3 is 19.6 Å². The van der Waals surface area contributed by atoms with Crippen LogP contribution in [-0.4, -0.2) is 64.7 Å². The molecule has 1 atom stereocenters. The minimum Gasteiger partial charge on any atom is -0.481 e. The van der Waals surface area contributed by atoms with E-state index in [9.17, 15) is 14.4 Å². The third-order valence-electron chi connectivity index (χ3n) is 4.78. The van der Waals surface area contributed by atoms with E-state index in [1.807, 2.05) is 26.8 Å². The highest BCUT2D eigenvalue weighted by molar-refractivity contribution is 5.88. The molecule has 1 unspecified atom stereocenters. The molecule has 0 aromatic heterocycles. The van der Waals surface area contributed by atoms with Gasteiger partial charge in [0.05, 0.1) is 5.92 Å². The molecular weight excluding hydrogens is 336 g/mol. The van der Waals surface area contributed by atoms with Crippen molar-refractivity contribution in [2.24, 2.45) is 11.8 Å². The summed E-state index contributed by atoms with van der Waals surface area (Å²) in [7, 11) is 0. The van der Waals surface area contributed by atoms with E-state index in [-0.39, 0.29) is 24.5 Å². The van der Waals surface area contributed by atoms with Crippen molar-refractivity contribution in [1.82, 2.24) is 9.80 Å². The van der Waals surface area contributed by atoms with Crippen molar-refractivity contribution < 1.29 is 24.2 Å². The Balaban J connectivity index is 1.78. The van der Waals surface area contributed by atoms with E-state index in [0.29, 0.717) is 26.1 Å². The van der Waals surface area contributed by atoms with Gasteiger partial charge in [-0.3, -0.25) is 9.59 Å². The highest BCUT2D eigenvalue weighted by Gasteiger charge is 2.28. The van der Waals surface area contributed by atoms with Gasteiger partial charge in [-0.15, -0.1) is 0 Å². The molecule has 0 spiro atoms. The zero-order chi connectivity index (χ0) is 19.3. The minimum atomic E-state index is -0.832. The number of piperidine rings is 2. The van der Waals surface area contributed by atoms with Crippen LogP contribution in [0.1, 0.15) is 46.5 Å². The van der Waals surface area contributed by atoms with Crippen molar-refractivity contribution in [1.29, 1.82) is 0 Å². The molecule has 0 aliphatic carbocycles. The zero-order valence-electron chi connectivity index (χ0n) is 15.9. The molecule has 26 heavy (non-hydrogen) atoms. The minimum absolute atomic E-state index is 0.120. The third kappa shape index (κ3) is 6.04. The first-order valence-corrected chi connectivity index (χ1v) is 9.33. The Morgan fingerprint density at radius 3 is 2.27 bits per heavy atom. The Kier molecular flexibility index (Phi) is 6.67. The second kappa shape index (κ2) is 8.56. The maximum atomic E-state index is 12.3. The normalized spacial score (nSPS) is 22.5. The summed E-state index contributed by atoms with van der Waals surface area (Å²) in [5, 5.41) is 9.11. The number of allylic oxidation sites excluding steroid dienone is 1. The molecule has 2 rings (SSSR count). The van der Waals surface area contributed by atoms with Gasteiger partial charge in [0, 0.05) is 26.2 Å². The predicted molar refractivity (Wildman–Crippen MR) is 96.6 cm³/mol. The molecule has 7 nitrogen and oxygen atoms in total. The topological polar surface area (TPSA) is 87.2 Å². The monoisotopic (exact) mass is 366 g/mol. The van der Waals surface area contributed by atoms with Crippen LogP contribution in [0.2, 0.25) is 0 Å². The number of aliphatic carboxylic acids is 1. The van der Waals surface area contributed by atoms with E-state index in [4.69, 9.17) is 9.84 Å². The van der Waals surface area contributed by atoms with Gasteiger partial charge in [0.15, 0.2) is 0 Å². The van der Waals surface area contributed by atoms with Gasteiger partial charge in [0.25, 0.3) is 0 Å². The number of carbonyl (C=O) groups is 3. The molecular formula is C19H30N2O5. The highest BCUT2D eigenvalue weighted by atomic mass is 16.6. The summed E-state index contributed by atoms with van der Waals surface area (Å²) >= 11 is 0. The lowest BCUT2D eigenvalue weighted by atomic mass is 9.96. The van der Waals surface area contributed by atoms with Crippen LogP contribution in [0.25, 0.3) is 0 Å². The average molecular weight is 366 g/mol. The SMILES string of the molecule is CC(C)(C)OC(=O)N1CCC(C=CC(=O)N2CCCC(C(=O)O)C2)CC1. The van der Waals surface area contributed by atoms with Crippen molar-refractivity contribution in [3.05, 3.63) is 12.2 Å². The van der Waals surface area contributed by atoms with Crippen LogP contribution in [0.4, 0.5) is 4.79 Å². The highest BCUT2D eigenvalue weighted by Crippen LogP contribution is 2.21. The first-order valence-electron chi connectivity index (χ1n) is 9.33. The number of hydrogen-bond donors (Lipinski definition) is 1. The Morgan fingerprint density at radius 1 is 1.04 bits per heavy atom. The number of hydrogen-bond acceptors (Lipinski definition) is 4. The van der Waals surface area contributed by atoms with Gasteiger partial charge >= 0.3 is 12.1 Å². The molecule has 0 aromatic carbocycles. The van der Waals surface area contributed by atoms with Crippen LogP contribution in [0.3, 0.4) is 0 Å². The molecule has 2 fully saturated rings. The summed E-state index contributed by atoms with van der Waals surface area (Å²) in [6.07, 6.45) is 6.12.